The molecule has 0 bridgehead atoms. The molecular formula is C16H15N5O2. The van der Waals surface area contributed by atoms with E-state index in [4.69, 9.17) is 0 Å². The molecule has 116 valence electrons. The first-order chi connectivity index (χ1) is 11.2. The van der Waals surface area contributed by atoms with Gasteiger partial charge in [0.25, 0.3) is 11.5 Å². The van der Waals surface area contributed by atoms with Gasteiger partial charge >= 0.3 is 0 Å². The summed E-state index contributed by atoms with van der Waals surface area (Å²) in [7, 11) is 0. The predicted octanol–water partition coefficient (Wildman–Crippen LogP) is 0.925. The third-order valence-corrected chi connectivity index (χ3v) is 3.47. The number of pyridine rings is 2. The Morgan fingerprint density at radius 1 is 1.26 bits per heavy atom. The van der Waals surface area contributed by atoms with Gasteiger partial charge in [-0.3, -0.25) is 19.1 Å². The van der Waals surface area contributed by atoms with Crippen LogP contribution in [-0.4, -0.2) is 32.0 Å². The fraction of sp³-hybridized carbons (Fsp3) is 0.188. The van der Waals surface area contributed by atoms with Crippen LogP contribution in [-0.2, 0) is 6.54 Å². The van der Waals surface area contributed by atoms with Crippen molar-refractivity contribution in [1.29, 1.82) is 0 Å². The molecule has 0 unspecified atom stereocenters. The highest BCUT2D eigenvalue weighted by atomic mass is 16.1. The Morgan fingerprint density at radius 3 is 2.87 bits per heavy atom. The van der Waals surface area contributed by atoms with Crippen molar-refractivity contribution >= 4 is 16.9 Å². The summed E-state index contributed by atoms with van der Waals surface area (Å²) in [5.74, 6) is 0.344. The summed E-state index contributed by atoms with van der Waals surface area (Å²) in [5, 5.41) is 3.24. The van der Waals surface area contributed by atoms with Crippen molar-refractivity contribution in [1.82, 2.24) is 24.8 Å². The van der Waals surface area contributed by atoms with E-state index in [0.29, 0.717) is 35.5 Å². The molecule has 3 aromatic heterocycles. The summed E-state index contributed by atoms with van der Waals surface area (Å²) in [6.45, 7) is 2.41. The molecule has 0 radical (unpaired) electrons. The van der Waals surface area contributed by atoms with Gasteiger partial charge in [0.05, 0.1) is 10.9 Å². The Kier molecular flexibility index (Phi) is 4.09. The summed E-state index contributed by atoms with van der Waals surface area (Å²) in [6, 6.07) is 6.78. The SMILES string of the molecule is Cc1nc2ncccc2c(=O)n1CCNC(=O)c1cccnc1. The van der Waals surface area contributed by atoms with E-state index in [-0.39, 0.29) is 11.5 Å². The third kappa shape index (κ3) is 3.08. The predicted molar refractivity (Wildman–Crippen MR) is 85.1 cm³/mol. The maximum atomic E-state index is 12.5. The normalized spacial score (nSPS) is 10.7. The number of nitrogens with zero attached hydrogens (tertiary/aromatic N) is 4. The Hall–Kier alpha value is -3.09. The highest BCUT2D eigenvalue weighted by Gasteiger charge is 2.09. The van der Waals surface area contributed by atoms with Gasteiger partial charge in [0.2, 0.25) is 0 Å². The van der Waals surface area contributed by atoms with Crippen molar-refractivity contribution < 1.29 is 4.79 Å². The Labute approximate surface area is 132 Å². The van der Waals surface area contributed by atoms with Gasteiger partial charge in [-0.2, -0.15) is 0 Å². The molecule has 0 fully saturated rings. The van der Waals surface area contributed by atoms with E-state index in [1.54, 1.807) is 43.6 Å². The summed E-state index contributed by atoms with van der Waals surface area (Å²) in [6.07, 6.45) is 4.71. The minimum Gasteiger partial charge on any atom is -0.350 e. The molecule has 3 rings (SSSR count). The van der Waals surface area contributed by atoms with E-state index in [0.717, 1.165) is 0 Å². The topological polar surface area (TPSA) is 89.8 Å². The minimum atomic E-state index is -0.223. The number of amides is 1. The molecule has 1 amide bonds. The van der Waals surface area contributed by atoms with E-state index in [1.165, 1.54) is 10.8 Å². The molecule has 0 atom stereocenters. The summed E-state index contributed by atoms with van der Waals surface area (Å²) < 4.78 is 1.54. The van der Waals surface area contributed by atoms with E-state index >= 15 is 0 Å². The molecule has 0 saturated carbocycles. The lowest BCUT2D eigenvalue weighted by Crippen LogP contribution is -2.32. The quantitative estimate of drug-likeness (QED) is 0.774. The van der Waals surface area contributed by atoms with E-state index in [1.807, 2.05) is 0 Å². The fourth-order valence-electron chi connectivity index (χ4n) is 2.30. The first-order valence-electron chi connectivity index (χ1n) is 7.17. The first kappa shape index (κ1) is 14.8. The van der Waals surface area contributed by atoms with Crippen LogP contribution in [0.25, 0.3) is 11.0 Å². The summed E-state index contributed by atoms with van der Waals surface area (Å²) in [5.41, 5.74) is 0.763. The summed E-state index contributed by atoms with van der Waals surface area (Å²) >= 11 is 0. The van der Waals surface area contributed by atoms with Crippen LogP contribution < -0.4 is 10.9 Å². The fourth-order valence-corrected chi connectivity index (χ4v) is 2.30. The highest BCUT2D eigenvalue weighted by molar-refractivity contribution is 5.93. The molecule has 0 spiro atoms. The monoisotopic (exact) mass is 309 g/mol. The molecule has 7 nitrogen and oxygen atoms in total. The molecule has 3 aromatic rings. The number of carbonyl (C=O) groups excluding carboxylic acids is 1. The Bertz CT molecular complexity index is 905. The number of hydrogen-bond acceptors (Lipinski definition) is 5. The zero-order valence-electron chi connectivity index (χ0n) is 12.6. The van der Waals surface area contributed by atoms with Gasteiger partial charge in [-0.05, 0) is 31.2 Å². The number of nitrogens with one attached hydrogen (secondary N) is 1. The molecule has 0 aliphatic heterocycles. The number of rotatable bonds is 4. The molecule has 0 saturated heterocycles. The van der Waals surface area contributed by atoms with Crippen LogP contribution in [0.4, 0.5) is 0 Å². The lowest BCUT2D eigenvalue weighted by Gasteiger charge is -2.11. The van der Waals surface area contributed by atoms with Gasteiger partial charge in [0.1, 0.15) is 5.82 Å². The first-order valence-corrected chi connectivity index (χ1v) is 7.17. The van der Waals surface area contributed by atoms with Gasteiger partial charge in [-0.25, -0.2) is 9.97 Å². The van der Waals surface area contributed by atoms with E-state index in [2.05, 4.69) is 20.3 Å². The number of aromatic nitrogens is 4. The van der Waals surface area contributed by atoms with E-state index in [9.17, 15) is 9.59 Å². The van der Waals surface area contributed by atoms with E-state index < -0.39 is 0 Å². The molecule has 0 aliphatic carbocycles. The van der Waals surface area contributed by atoms with Crippen LogP contribution in [0.2, 0.25) is 0 Å². The number of hydrogen-bond donors (Lipinski definition) is 1. The third-order valence-electron chi connectivity index (χ3n) is 3.47. The van der Waals surface area contributed by atoms with Crippen molar-refractivity contribution in [3.05, 3.63) is 64.6 Å². The second kappa shape index (κ2) is 6.35. The zero-order valence-corrected chi connectivity index (χ0v) is 12.6. The van der Waals surface area contributed by atoms with Crippen LogP contribution >= 0.6 is 0 Å². The van der Waals surface area contributed by atoms with Gasteiger partial charge in [-0.15, -0.1) is 0 Å². The van der Waals surface area contributed by atoms with Crippen LogP contribution in [0.5, 0.6) is 0 Å². The smallest absolute Gasteiger partial charge is 0.263 e. The van der Waals surface area contributed by atoms with Crippen molar-refractivity contribution in [2.24, 2.45) is 0 Å². The minimum absolute atomic E-state index is 0.156. The highest BCUT2D eigenvalue weighted by Crippen LogP contribution is 2.04. The average molecular weight is 309 g/mol. The second-order valence-corrected chi connectivity index (χ2v) is 4.99. The molecule has 23 heavy (non-hydrogen) atoms. The molecule has 1 N–H and O–H groups in total. The zero-order chi connectivity index (χ0) is 16.2. The maximum absolute atomic E-state index is 12.5. The molecule has 0 aromatic carbocycles. The van der Waals surface area contributed by atoms with Gasteiger partial charge in [0.15, 0.2) is 5.65 Å². The maximum Gasteiger partial charge on any atom is 0.263 e. The van der Waals surface area contributed by atoms with Crippen LogP contribution in [0.1, 0.15) is 16.2 Å². The largest absolute Gasteiger partial charge is 0.350 e. The van der Waals surface area contributed by atoms with Gasteiger partial charge in [-0.1, -0.05) is 0 Å². The van der Waals surface area contributed by atoms with Gasteiger partial charge in [0, 0.05) is 31.7 Å². The van der Waals surface area contributed by atoms with Gasteiger partial charge < -0.3 is 5.32 Å². The lowest BCUT2D eigenvalue weighted by atomic mass is 10.3. The van der Waals surface area contributed by atoms with Crippen molar-refractivity contribution in [2.75, 3.05) is 6.54 Å². The number of carbonyl (C=O) groups is 1. The van der Waals surface area contributed by atoms with Crippen molar-refractivity contribution in [3.8, 4) is 0 Å². The molecular weight excluding hydrogens is 294 g/mol. The number of fused-ring (bicyclic) bond motifs is 1. The van der Waals surface area contributed by atoms with Crippen molar-refractivity contribution in [2.45, 2.75) is 13.5 Å². The Balaban J connectivity index is 1.75. The van der Waals surface area contributed by atoms with Crippen LogP contribution in [0.3, 0.4) is 0 Å². The molecule has 3 heterocycles. The van der Waals surface area contributed by atoms with Crippen LogP contribution in [0.15, 0.2) is 47.7 Å². The lowest BCUT2D eigenvalue weighted by molar-refractivity contribution is 0.0951. The second-order valence-electron chi connectivity index (χ2n) is 4.99. The van der Waals surface area contributed by atoms with Crippen molar-refractivity contribution in [3.63, 3.8) is 0 Å². The van der Waals surface area contributed by atoms with Crippen LogP contribution in [0, 0.1) is 6.92 Å². The average Bonchev–Trinajstić information content (AvgIpc) is 2.58. The summed E-state index contributed by atoms with van der Waals surface area (Å²) in [4.78, 5) is 36.7. The molecule has 7 heteroatoms. The Morgan fingerprint density at radius 2 is 2.09 bits per heavy atom. The molecule has 0 aliphatic rings. The standard InChI is InChI=1S/C16H15N5O2/c1-11-20-14-13(5-3-7-18-14)16(23)21(11)9-8-19-15(22)12-4-2-6-17-10-12/h2-7,10H,8-9H2,1H3,(H,19,22). The number of aryl methyl sites for hydroxylation is 1.